The quantitative estimate of drug-likeness (QED) is 0.517. The van der Waals surface area contributed by atoms with E-state index >= 15 is 0 Å². The Hall–Kier alpha value is -0.300. The van der Waals surface area contributed by atoms with Gasteiger partial charge in [0.25, 0.3) is 0 Å². The van der Waals surface area contributed by atoms with Crippen molar-refractivity contribution in [3.63, 3.8) is 0 Å². The first kappa shape index (κ1) is 6.24. The van der Waals surface area contributed by atoms with E-state index in [0.29, 0.717) is 5.54 Å². The third kappa shape index (κ3) is 0.610. The molecule has 3 unspecified atom stereocenters. The number of hydrogen-bond acceptors (Lipinski definition) is 1. The molecule has 1 aliphatic heterocycles. The van der Waals surface area contributed by atoms with Gasteiger partial charge >= 0.3 is 0 Å². The second kappa shape index (κ2) is 1.89. The van der Waals surface area contributed by atoms with Gasteiger partial charge in [0.1, 0.15) is 0 Å². The Bertz CT molecular complexity index is 209. The zero-order valence-corrected chi connectivity index (χ0v) is 6.84. The largest absolute Gasteiger partial charge is 0.310 e. The highest BCUT2D eigenvalue weighted by atomic mass is 15.1. The maximum atomic E-state index is 3.67. The Morgan fingerprint density at radius 3 is 2.82 bits per heavy atom. The van der Waals surface area contributed by atoms with Gasteiger partial charge in [0.2, 0.25) is 0 Å². The molecule has 3 rings (SSSR count). The molecule has 3 atom stereocenters. The molecule has 1 saturated carbocycles. The number of allylic oxidation sites excluding steroid dienone is 1. The normalized spacial score (nSPS) is 53.1. The molecule has 0 radical (unpaired) electrons. The van der Waals surface area contributed by atoms with E-state index < -0.39 is 0 Å². The van der Waals surface area contributed by atoms with Gasteiger partial charge < -0.3 is 5.32 Å². The topological polar surface area (TPSA) is 12.0 Å². The molecule has 60 valence electrons. The molecule has 1 saturated heterocycles. The molecule has 1 nitrogen and oxygen atoms in total. The molecule has 0 aromatic heterocycles. The summed E-state index contributed by atoms with van der Waals surface area (Å²) in [6.07, 6.45) is 10.4. The second-order valence-corrected chi connectivity index (χ2v) is 4.30. The molecule has 1 heterocycles. The van der Waals surface area contributed by atoms with Crippen LogP contribution in [0.1, 0.15) is 25.7 Å². The van der Waals surface area contributed by atoms with Crippen LogP contribution >= 0.6 is 0 Å². The maximum Gasteiger partial charge on any atom is 0.0287 e. The molecule has 0 aromatic carbocycles. The minimum Gasteiger partial charge on any atom is -0.310 e. The van der Waals surface area contributed by atoms with Gasteiger partial charge in [0.05, 0.1) is 0 Å². The van der Waals surface area contributed by atoms with Crippen LogP contribution in [0.15, 0.2) is 12.2 Å². The first-order chi connectivity index (χ1) is 5.42. The van der Waals surface area contributed by atoms with Crippen LogP contribution < -0.4 is 5.32 Å². The van der Waals surface area contributed by atoms with Gasteiger partial charge in [-0.15, -0.1) is 0 Å². The molecule has 0 aromatic rings. The average Bonchev–Trinajstić information content (AvgIpc) is 2.26. The molecule has 1 N–H and O–H groups in total. The minimum atomic E-state index is 0.592. The van der Waals surface area contributed by atoms with E-state index in [2.05, 4.69) is 17.5 Å². The van der Waals surface area contributed by atoms with Crippen LogP contribution in [0.5, 0.6) is 0 Å². The van der Waals surface area contributed by atoms with Crippen LogP contribution in [-0.2, 0) is 0 Å². The summed E-state index contributed by atoms with van der Waals surface area (Å²) in [5, 5.41) is 3.67. The predicted octanol–water partition coefficient (Wildman–Crippen LogP) is 1.70. The Balaban J connectivity index is 1.96. The fraction of sp³-hybridized carbons (Fsp3) is 0.800. The lowest BCUT2D eigenvalue weighted by molar-refractivity contribution is 0.0880. The highest BCUT2D eigenvalue weighted by Gasteiger charge is 2.55. The van der Waals surface area contributed by atoms with E-state index in [1.165, 1.54) is 32.2 Å². The smallest absolute Gasteiger partial charge is 0.0287 e. The van der Waals surface area contributed by atoms with Crippen molar-refractivity contribution in [2.45, 2.75) is 31.2 Å². The lowest BCUT2D eigenvalue weighted by Gasteiger charge is -2.51. The lowest BCUT2D eigenvalue weighted by atomic mass is 9.69. The van der Waals surface area contributed by atoms with E-state index in [9.17, 15) is 0 Å². The van der Waals surface area contributed by atoms with E-state index in [-0.39, 0.29) is 0 Å². The third-order valence-electron chi connectivity index (χ3n) is 4.04. The predicted molar refractivity (Wildman–Crippen MR) is 45.3 cm³/mol. The van der Waals surface area contributed by atoms with E-state index in [1.807, 2.05) is 0 Å². The monoisotopic (exact) mass is 149 g/mol. The number of hydrogen-bond donors (Lipinski definition) is 1. The van der Waals surface area contributed by atoms with Crippen molar-refractivity contribution in [2.24, 2.45) is 11.8 Å². The van der Waals surface area contributed by atoms with Crippen molar-refractivity contribution in [3.05, 3.63) is 12.2 Å². The Kier molecular flexibility index (Phi) is 1.07. The van der Waals surface area contributed by atoms with Gasteiger partial charge in [-0.05, 0) is 37.5 Å². The van der Waals surface area contributed by atoms with E-state index in [1.54, 1.807) is 0 Å². The summed E-state index contributed by atoms with van der Waals surface area (Å²) < 4.78 is 0. The van der Waals surface area contributed by atoms with Crippen molar-refractivity contribution in [1.82, 2.24) is 5.32 Å². The van der Waals surface area contributed by atoms with Gasteiger partial charge in [-0.25, -0.2) is 0 Å². The third-order valence-corrected chi connectivity index (χ3v) is 4.04. The van der Waals surface area contributed by atoms with Gasteiger partial charge in [-0.2, -0.15) is 0 Å². The summed E-state index contributed by atoms with van der Waals surface area (Å²) in [6, 6.07) is 0. The van der Waals surface area contributed by atoms with Gasteiger partial charge in [-0.3, -0.25) is 0 Å². The van der Waals surface area contributed by atoms with Crippen LogP contribution in [0.4, 0.5) is 0 Å². The Morgan fingerprint density at radius 2 is 2.09 bits per heavy atom. The van der Waals surface area contributed by atoms with E-state index in [4.69, 9.17) is 0 Å². The Labute approximate surface area is 67.9 Å². The summed E-state index contributed by atoms with van der Waals surface area (Å²) in [4.78, 5) is 0. The van der Waals surface area contributed by atoms with Crippen molar-refractivity contribution < 1.29 is 0 Å². The van der Waals surface area contributed by atoms with Crippen LogP contribution in [-0.4, -0.2) is 12.1 Å². The summed E-state index contributed by atoms with van der Waals surface area (Å²) in [6.45, 7) is 1.30. The zero-order chi connectivity index (χ0) is 7.31. The summed E-state index contributed by atoms with van der Waals surface area (Å²) >= 11 is 0. The lowest BCUT2D eigenvalue weighted by Crippen LogP contribution is -2.65. The van der Waals surface area contributed by atoms with Crippen molar-refractivity contribution >= 4 is 0 Å². The van der Waals surface area contributed by atoms with Crippen LogP contribution in [0.25, 0.3) is 0 Å². The summed E-state index contributed by atoms with van der Waals surface area (Å²) in [5.41, 5.74) is 0.592. The van der Waals surface area contributed by atoms with Crippen molar-refractivity contribution in [2.75, 3.05) is 6.54 Å². The molecule has 0 amide bonds. The van der Waals surface area contributed by atoms with Crippen molar-refractivity contribution in [1.29, 1.82) is 0 Å². The second-order valence-electron chi connectivity index (χ2n) is 4.30. The summed E-state index contributed by atoms with van der Waals surface area (Å²) in [5.74, 6) is 2.00. The first-order valence-electron chi connectivity index (χ1n) is 4.82. The molecule has 1 spiro atoms. The van der Waals surface area contributed by atoms with Crippen LogP contribution in [0.3, 0.4) is 0 Å². The molecule has 2 fully saturated rings. The van der Waals surface area contributed by atoms with Gasteiger partial charge in [-0.1, -0.05) is 12.2 Å². The number of rotatable bonds is 0. The highest BCUT2D eigenvalue weighted by molar-refractivity contribution is 5.18. The molecular formula is C10H15N. The van der Waals surface area contributed by atoms with Crippen molar-refractivity contribution in [3.8, 4) is 0 Å². The molecular weight excluding hydrogens is 134 g/mol. The number of nitrogens with one attached hydrogen (secondary N) is 1. The minimum absolute atomic E-state index is 0.592. The van der Waals surface area contributed by atoms with E-state index in [0.717, 1.165) is 11.8 Å². The Morgan fingerprint density at radius 1 is 1.18 bits per heavy atom. The molecule has 11 heavy (non-hydrogen) atoms. The molecule has 1 heteroatoms. The fourth-order valence-electron chi connectivity index (χ4n) is 3.28. The summed E-state index contributed by atoms with van der Waals surface area (Å²) in [7, 11) is 0. The fourth-order valence-corrected chi connectivity index (χ4v) is 3.28. The highest BCUT2D eigenvalue weighted by Crippen LogP contribution is 2.51. The molecule has 2 aliphatic carbocycles. The van der Waals surface area contributed by atoms with Crippen LogP contribution in [0, 0.1) is 11.8 Å². The van der Waals surface area contributed by atoms with Gasteiger partial charge in [0.15, 0.2) is 0 Å². The maximum absolute atomic E-state index is 3.67. The zero-order valence-electron chi connectivity index (χ0n) is 6.84. The molecule has 3 aliphatic rings. The first-order valence-corrected chi connectivity index (χ1v) is 4.82. The molecule has 0 bridgehead atoms. The van der Waals surface area contributed by atoms with Crippen LogP contribution in [0.2, 0.25) is 0 Å². The van der Waals surface area contributed by atoms with Gasteiger partial charge in [0, 0.05) is 12.1 Å². The SMILES string of the molecule is C1=CCC23NCC2CCC3C1. The average molecular weight is 149 g/mol. The standard InChI is InChI=1S/C10H15N/c1-2-6-10-8(3-1)4-5-9(10)7-11-10/h1-2,8-9,11H,3-7H2.